The summed E-state index contributed by atoms with van der Waals surface area (Å²) in [5.74, 6) is -3.06. The van der Waals surface area contributed by atoms with Crippen molar-refractivity contribution in [3.63, 3.8) is 0 Å². The van der Waals surface area contributed by atoms with Crippen molar-refractivity contribution in [3.05, 3.63) is 52.2 Å². The molecule has 0 bridgehead atoms. The Morgan fingerprint density at radius 3 is 2.20 bits per heavy atom. The molecule has 0 fully saturated rings. The molecule has 0 saturated carbocycles. The normalized spacial score (nSPS) is 12.7. The lowest BCUT2D eigenvalue weighted by Crippen LogP contribution is -2.54. The van der Waals surface area contributed by atoms with E-state index in [1.54, 1.807) is 24.3 Å². The molecule has 2 aromatic rings. The number of rotatable bonds is 16. The highest BCUT2D eigenvalue weighted by molar-refractivity contribution is 7.98. The predicted molar refractivity (Wildman–Crippen MR) is 156 cm³/mol. The summed E-state index contributed by atoms with van der Waals surface area (Å²) in [6.07, 6.45) is 2.39. The van der Waals surface area contributed by atoms with E-state index in [0.29, 0.717) is 5.75 Å². The number of nitrogens with one attached hydrogen (secondary N) is 4. The fourth-order valence-corrected chi connectivity index (χ4v) is 4.59. The molecule has 0 saturated heterocycles. The van der Waals surface area contributed by atoms with E-state index in [4.69, 9.17) is 5.73 Å². The zero-order valence-electron chi connectivity index (χ0n) is 21.8. The number of carbonyl (C=O) groups is 5. The maximum atomic E-state index is 12.9. The minimum absolute atomic E-state index is 0. The molecular weight excluding hydrogens is 582 g/mol. The predicted octanol–water partition coefficient (Wildman–Crippen LogP) is 0.0277. The number of benzene rings is 1. The van der Waals surface area contributed by atoms with E-state index >= 15 is 0 Å². The molecule has 0 spiro atoms. The molecule has 2 rings (SSSR count). The Kier molecular flexibility index (Phi) is 15.7. The molecule has 0 aliphatic heterocycles. The molecule has 0 radical (unpaired) electrons. The minimum Gasteiger partial charge on any atom is -0.508 e. The highest BCUT2D eigenvalue weighted by Crippen LogP contribution is 2.12. The highest BCUT2D eigenvalue weighted by Gasteiger charge is 2.27. The number of phenolic OH excluding ortho intramolecular Hbond substituents is 1. The number of aliphatic carboxylic acids is 1. The number of hydrogen-bond donors (Lipinski definition) is 7. The third-order valence-corrected chi connectivity index (χ3v) is 7.00. The average Bonchev–Trinajstić information content (AvgIpc) is 3.42. The number of thioether (sulfide) groups is 1. The van der Waals surface area contributed by atoms with E-state index < -0.39 is 60.8 Å². The van der Waals surface area contributed by atoms with Gasteiger partial charge in [0.05, 0.1) is 19.1 Å². The molecule has 1 heterocycles. The molecular formula is C25H34ClN5O7S2. The van der Waals surface area contributed by atoms with Crippen molar-refractivity contribution in [1.82, 2.24) is 21.3 Å². The molecule has 0 unspecified atom stereocenters. The number of carboxylic acid groups (broad SMARTS) is 1. The zero-order chi connectivity index (χ0) is 28.8. The van der Waals surface area contributed by atoms with Crippen LogP contribution in [0.2, 0.25) is 0 Å². The van der Waals surface area contributed by atoms with Crippen LogP contribution in [-0.4, -0.2) is 83.0 Å². The number of carboxylic acids is 1. The Balaban J connectivity index is 0.00000800. The lowest BCUT2D eigenvalue weighted by molar-refractivity contribution is -0.142. The van der Waals surface area contributed by atoms with E-state index in [9.17, 15) is 34.2 Å². The smallest absolute Gasteiger partial charge is 0.326 e. The van der Waals surface area contributed by atoms with Gasteiger partial charge in [-0.2, -0.15) is 11.8 Å². The molecule has 1 aromatic heterocycles. The van der Waals surface area contributed by atoms with Crippen molar-refractivity contribution < 1.29 is 34.2 Å². The van der Waals surface area contributed by atoms with Crippen LogP contribution in [0.3, 0.4) is 0 Å². The summed E-state index contributed by atoms with van der Waals surface area (Å²) in [7, 11) is 0. The third-order valence-electron chi connectivity index (χ3n) is 5.46. The number of carbonyl (C=O) groups excluding carboxylic acids is 4. The van der Waals surface area contributed by atoms with Gasteiger partial charge in [0.1, 0.15) is 17.8 Å². The average molecular weight is 616 g/mol. The number of halogens is 1. The second kappa shape index (κ2) is 18.1. The van der Waals surface area contributed by atoms with Gasteiger partial charge in [-0.15, -0.1) is 23.7 Å². The summed E-state index contributed by atoms with van der Waals surface area (Å²) in [6, 6.07) is 6.71. The molecule has 15 heteroatoms. The summed E-state index contributed by atoms with van der Waals surface area (Å²) in [4.78, 5) is 62.1. The number of nitrogens with two attached hydrogens (primary N) is 1. The molecule has 8 N–H and O–H groups in total. The summed E-state index contributed by atoms with van der Waals surface area (Å²) in [5.41, 5.74) is 6.60. The van der Waals surface area contributed by atoms with E-state index in [1.165, 1.54) is 35.2 Å². The number of hydrogen-bond acceptors (Lipinski definition) is 9. The van der Waals surface area contributed by atoms with Gasteiger partial charge in [0.25, 0.3) is 0 Å². The largest absolute Gasteiger partial charge is 0.508 e. The highest BCUT2D eigenvalue weighted by atomic mass is 35.5. The van der Waals surface area contributed by atoms with Crippen molar-refractivity contribution in [2.75, 3.05) is 25.1 Å². The molecule has 1 aromatic carbocycles. The van der Waals surface area contributed by atoms with Crippen molar-refractivity contribution in [1.29, 1.82) is 0 Å². The first-order valence-corrected chi connectivity index (χ1v) is 14.3. The number of thiophene rings is 1. The minimum atomic E-state index is -1.17. The second-order valence-corrected chi connectivity index (χ2v) is 10.6. The van der Waals surface area contributed by atoms with Crippen LogP contribution in [-0.2, 0) is 36.8 Å². The first-order chi connectivity index (χ1) is 18.6. The summed E-state index contributed by atoms with van der Waals surface area (Å²) in [6.45, 7) is -0.873. The van der Waals surface area contributed by atoms with E-state index in [0.717, 1.165) is 10.4 Å². The third kappa shape index (κ3) is 12.7. The van der Waals surface area contributed by atoms with Crippen LogP contribution in [0.15, 0.2) is 41.8 Å². The van der Waals surface area contributed by atoms with Gasteiger partial charge in [-0.1, -0.05) is 18.2 Å². The lowest BCUT2D eigenvalue weighted by atomic mass is 10.1. The van der Waals surface area contributed by atoms with Gasteiger partial charge >= 0.3 is 5.97 Å². The van der Waals surface area contributed by atoms with Gasteiger partial charge < -0.3 is 37.2 Å². The first-order valence-electron chi connectivity index (χ1n) is 12.0. The van der Waals surface area contributed by atoms with Crippen molar-refractivity contribution in [3.8, 4) is 5.75 Å². The van der Waals surface area contributed by atoms with Gasteiger partial charge in [-0.25, -0.2) is 4.79 Å². The maximum Gasteiger partial charge on any atom is 0.326 e. The van der Waals surface area contributed by atoms with Gasteiger partial charge in [-0.05, 0) is 54.0 Å². The molecule has 0 aliphatic carbocycles. The molecule has 3 atom stereocenters. The van der Waals surface area contributed by atoms with E-state index in [2.05, 4.69) is 21.3 Å². The lowest BCUT2D eigenvalue weighted by Gasteiger charge is -2.21. The summed E-state index contributed by atoms with van der Waals surface area (Å²) >= 11 is 2.83. The Morgan fingerprint density at radius 2 is 1.60 bits per heavy atom. The van der Waals surface area contributed by atoms with E-state index in [1.807, 2.05) is 11.6 Å². The topological polar surface area (TPSA) is 200 Å². The fourth-order valence-electron chi connectivity index (χ4n) is 3.37. The van der Waals surface area contributed by atoms with Crippen molar-refractivity contribution in [2.45, 2.75) is 37.4 Å². The van der Waals surface area contributed by atoms with Gasteiger partial charge in [0.2, 0.25) is 23.6 Å². The van der Waals surface area contributed by atoms with Gasteiger partial charge in [-0.3, -0.25) is 19.2 Å². The van der Waals surface area contributed by atoms with Crippen LogP contribution >= 0.6 is 35.5 Å². The molecule has 12 nitrogen and oxygen atoms in total. The fraction of sp³-hybridized carbons (Fsp3) is 0.400. The Hall–Kier alpha value is -3.33. The Morgan fingerprint density at radius 1 is 0.925 bits per heavy atom. The number of phenols is 1. The molecule has 220 valence electrons. The van der Waals surface area contributed by atoms with Gasteiger partial charge in [0, 0.05) is 11.3 Å². The van der Waals surface area contributed by atoms with Crippen LogP contribution in [0, 0.1) is 0 Å². The van der Waals surface area contributed by atoms with Gasteiger partial charge in [0.15, 0.2) is 0 Å². The van der Waals surface area contributed by atoms with Crippen LogP contribution in [0.25, 0.3) is 0 Å². The molecule has 40 heavy (non-hydrogen) atoms. The van der Waals surface area contributed by atoms with Crippen molar-refractivity contribution >= 4 is 65.1 Å². The second-order valence-electron chi connectivity index (χ2n) is 8.56. The molecule has 4 amide bonds. The van der Waals surface area contributed by atoms with E-state index in [-0.39, 0.29) is 37.4 Å². The monoisotopic (exact) mass is 615 g/mol. The standard InChI is InChI=1S/C25H33N5O7S2.ClH/c1-38-10-8-19(25(36)37)30-24(35)20(12-17-3-2-9-39-17)29-22(33)14-27-21(32)13-28-23(34)18(26)11-15-4-6-16(31)7-5-15;/h2-7,9,18-20,31H,8,10-14,26H2,1H3,(H,27,32)(H,28,34)(H,29,33)(H,30,35)(H,36,37);1H/t18-,19-,20-;/m0./s1. The van der Waals surface area contributed by atoms with Crippen LogP contribution in [0.1, 0.15) is 16.9 Å². The molecule has 0 aliphatic rings. The van der Waals surface area contributed by atoms with Crippen molar-refractivity contribution in [2.24, 2.45) is 5.73 Å². The summed E-state index contributed by atoms with van der Waals surface area (Å²) in [5, 5.41) is 30.3. The number of aromatic hydroxyl groups is 1. The summed E-state index contributed by atoms with van der Waals surface area (Å²) < 4.78 is 0. The van der Waals surface area contributed by atoms with Crippen LogP contribution in [0.5, 0.6) is 5.75 Å². The van der Waals surface area contributed by atoms with Crippen LogP contribution in [0.4, 0.5) is 0 Å². The zero-order valence-corrected chi connectivity index (χ0v) is 24.2. The van der Waals surface area contributed by atoms with Crippen LogP contribution < -0.4 is 27.0 Å². The quantitative estimate of drug-likeness (QED) is 0.136. The maximum absolute atomic E-state index is 12.9. The number of amides is 4. The Bertz CT molecular complexity index is 1120. The SMILES string of the molecule is CSCC[C@H](NC(=O)[C@H](Cc1cccs1)NC(=O)CNC(=O)CNC(=O)[C@@H](N)Cc1ccc(O)cc1)C(=O)O.Cl. The Labute approximate surface area is 246 Å². The first kappa shape index (κ1) is 34.7.